The average Bonchev–Trinajstić information content (AvgIpc) is 2.86. The predicted octanol–water partition coefficient (Wildman–Crippen LogP) is -4.86. The van der Waals surface area contributed by atoms with E-state index in [4.69, 9.17) is 5.73 Å². The van der Waals surface area contributed by atoms with E-state index in [0.717, 1.165) is 24.3 Å². The molecule has 0 fully saturated rings. The number of carbonyl (C=O) groups is 1. The minimum Gasteiger partial charge on any atom is -0.744 e. The molecule has 0 spiro atoms. The van der Waals surface area contributed by atoms with Crippen LogP contribution in [0.1, 0.15) is 16.2 Å². The van der Waals surface area contributed by atoms with Crippen LogP contribution in [0, 0.1) is 6.92 Å². The first-order valence-electron chi connectivity index (χ1n) is 8.03. The summed E-state index contributed by atoms with van der Waals surface area (Å²) in [7, 11) is -8.50. The molecule has 1 heterocycles. The molecule has 0 aliphatic heterocycles. The van der Waals surface area contributed by atoms with Crippen LogP contribution in [-0.2, 0) is 27.3 Å². The van der Waals surface area contributed by atoms with Crippen molar-refractivity contribution in [3.8, 4) is 0 Å². The molecule has 3 rings (SSSR count). The second kappa shape index (κ2) is 9.91. The van der Waals surface area contributed by atoms with E-state index in [1.54, 1.807) is 14.0 Å². The van der Waals surface area contributed by atoms with Gasteiger partial charge < -0.3 is 24.7 Å². The van der Waals surface area contributed by atoms with Gasteiger partial charge in [0.15, 0.2) is 0 Å². The molecule has 1 amide bonds. The zero-order valence-electron chi connectivity index (χ0n) is 17.2. The molecule has 0 radical (unpaired) electrons. The maximum atomic E-state index is 12.6. The Kier molecular flexibility index (Phi) is 8.99. The van der Waals surface area contributed by atoms with E-state index in [0.29, 0.717) is 11.4 Å². The standard InChI is InChI=1S/C17H17N3O7S2.2Na/c1-9-12(18)8-14(20(9)2)17(21)19-13-7-6-10-11(16(13)29(25,26)27)4-3-5-15(10)28(22,23)24;;/h3-8H,18H2,1-2H3,(H,19,21)(H,22,23,24)(H,25,26,27);;/q;2*+1/p-2. The fourth-order valence-electron chi connectivity index (χ4n) is 3.01. The molecule has 3 aromatic rings. The van der Waals surface area contributed by atoms with Crippen molar-refractivity contribution in [3.63, 3.8) is 0 Å². The van der Waals surface area contributed by atoms with Gasteiger partial charge >= 0.3 is 59.1 Å². The maximum Gasteiger partial charge on any atom is 1.00 e. The summed E-state index contributed by atoms with van der Waals surface area (Å²) in [4.78, 5) is 11.1. The van der Waals surface area contributed by atoms with E-state index >= 15 is 0 Å². The van der Waals surface area contributed by atoms with Gasteiger partial charge in [0, 0.05) is 23.5 Å². The van der Waals surface area contributed by atoms with Gasteiger partial charge in [0.05, 0.1) is 21.2 Å². The van der Waals surface area contributed by atoms with Crippen LogP contribution in [0.3, 0.4) is 0 Å². The van der Waals surface area contributed by atoms with Gasteiger partial charge in [-0.3, -0.25) is 4.79 Å². The van der Waals surface area contributed by atoms with Crippen molar-refractivity contribution in [2.75, 3.05) is 11.1 Å². The quantitative estimate of drug-likeness (QED) is 0.274. The summed E-state index contributed by atoms with van der Waals surface area (Å²) < 4.78 is 71.6. The Morgan fingerprint density at radius 1 is 1.00 bits per heavy atom. The van der Waals surface area contributed by atoms with Crippen molar-refractivity contribution in [1.29, 1.82) is 0 Å². The number of nitrogen functional groups attached to an aromatic ring is 1. The van der Waals surface area contributed by atoms with E-state index in [2.05, 4.69) is 5.32 Å². The summed E-state index contributed by atoms with van der Waals surface area (Å²) in [5.74, 6) is -0.732. The van der Waals surface area contributed by atoms with Crippen LogP contribution in [-0.4, -0.2) is 36.4 Å². The van der Waals surface area contributed by atoms with Crippen LogP contribution < -0.4 is 70.2 Å². The molecule has 0 aliphatic rings. The Labute approximate surface area is 223 Å². The summed E-state index contributed by atoms with van der Waals surface area (Å²) in [6.07, 6.45) is 0. The molecule has 0 unspecified atom stereocenters. The molecule has 3 N–H and O–H groups in total. The number of nitrogens with one attached hydrogen (secondary N) is 1. The molecule has 1 aromatic heterocycles. The third-order valence-corrected chi connectivity index (χ3v) is 6.38. The molecule has 0 atom stereocenters. The summed E-state index contributed by atoms with van der Waals surface area (Å²) >= 11 is 0. The Morgan fingerprint density at radius 3 is 2.10 bits per heavy atom. The van der Waals surface area contributed by atoms with Crippen LogP contribution in [0.4, 0.5) is 11.4 Å². The van der Waals surface area contributed by atoms with Crippen LogP contribution in [0.2, 0.25) is 0 Å². The number of benzene rings is 2. The van der Waals surface area contributed by atoms with Gasteiger partial charge in [-0.15, -0.1) is 0 Å². The number of amides is 1. The number of hydrogen-bond acceptors (Lipinski definition) is 8. The van der Waals surface area contributed by atoms with Gasteiger partial charge in [-0.2, -0.15) is 0 Å². The Bertz CT molecular complexity index is 1380. The van der Waals surface area contributed by atoms with Crippen molar-refractivity contribution >= 4 is 48.3 Å². The van der Waals surface area contributed by atoms with Crippen molar-refractivity contribution in [1.82, 2.24) is 4.57 Å². The van der Waals surface area contributed by atoms with Crippen LogP contribution in [0.25, 0.3) is 10.8 Å². The molecule has 2 aromatic carbocycles. The van der Waals surface area contributed by atoms with Gasteiger partial charge in [-0.1, -0.05) is 18.2 Å². The van der Waals surface area contributed by atoms with E-state index < -0.39 is 35.9 Å². The third kappa shape index (κ3) is 5.53. The summed E-state index contributed by atoms with van der Waals surface area (Å²) in [6, 6.07) is 6.90. The third-order valence-electron chi connectivity index (χ3n) is 4.55. The Hall–Kier alpha value is -0.930. The monoisotopic (exact) mass is 483 g/mol. The zero-order chi connectivity index (χ0) is 21.7. The predicted molar refractivity (Wildman–Crippen MR) is 102 cm³/mol. The number of aromatic nitrogens is 1. The van der Waals surface area contributed by atoms with Gasteiger partial charge in [-0.25, -0.2) is 16.8 Å². The van der Waals surface area contributed by atoms with E-state index in [9.17, 15) is 30.7 Å². The fourth-order valence-corrected chi connectivity index (χ4v) is 4.54. The topological polar surface area (TPSA) is 174 Å². The SMILES string of the molecule is Cc1c(N)cc(C(=O)Nc2ccc3c(S(=O)(=O)[O-])cccc3c2S(=O)(=O)[O-])n1C.[Na+].[Na+]. The van der Waals surface area contributed by atoms with Crippen molar-refractivity contribution in [2.24, 2.45) is 7.05 Å². The molecule has 154 valence electrons. The Balaban J connectivity index is 0.00000240. The van der Waals surface area contributed by atoms with Gasteiger partial charge in [0.2, 0.25) is 0 Å². The van der Waals surface area contributed by atoms with Crippen molar-refractivity contribution in [2.45, 2.75) is 16.7 Å². The molecule has 0 saturated carbocycles. The molecule has 31 heavy (non-hydrogen) atoms. The van der Waals surface area contributed by atoms with Crippen molar-refractivity contribution < 1.29 is 89.9 Å². The summed E-state index contributed by atoms with van der Waals surface area (Å²) in [6.45, 7) is 1.68. The first kappa shape index (κ1) is 28.1. The van der Waals surface area contributed by atoms with E-state index in [1.807, 2.05) is 0 Å². The second-order valence-electron chi connectivity index (χ2n) is 6.29. The van der Waals surface area contributed by atoms with Crippen molar-refractivity contribution in [3.05, 3.63) is 47.8 Å². The number of anilines is 2. The van der Waals surface area contributed by atoms with E-state index in [1.165, 1.54) is 16.7 Å². The van der Waals surface area contributed by atoms with Crippen LogP contribution in [0.5, 0.6) is 0 Å². The zero-order valence-corrected chi connectivity index (χ0v) is 22.8. The van der Waals surface area contributed by atoms with E-state index in [-0.39, 0.29) is 81.3 Å². The van der Waals surface area contributed by atoms with Gasteiger partial charge in [0.25, 0.3) is 5.91 Å². The number of rotatable bonds is 4. The smallest absolute Gasteiger partial charge is 0.744 e. The summed E-state index contributed by atoms with van der Waals surface area (Å²) in [5.41, 5.74) is 6.49. The number of fused-ring (bicyclic) bond motifs is 1. The average molecular weight is 483 g/mol. The fraction of sp³-hybridized carbons (Fsp3) is 0.118. The number of carbonyl (C=O) groups excluding carboxylic acids is 1. The molecule has 14 heteroatoms. The normalized spacial score (nSPS) is 11.5. The maximum absolute atomic E-state index is 12.6. The van der Waals surface area contributed by atoms with Gasteiger partial charge in [0.1, 0.15) is 25.9 Å². The molecule has 10 nitrogen and oxygen atoms in total. The molecule has 0 bridgehead atoms. The molecular weight excluding hydrogens is 468 g/mol. The molecular formula is C17H15N3Na2O7S2. The first-order valence-corrected chi connectivity index (χ1v) is 10.8. The first-order chi connectivity index (χ1) is 13.3. The van der Waals surface area contributed by atoms with Crippen LogP contribution in [0.15, 0.2) is 46.2 Å². The number of nitrogens with zero attached hydrogens (tertiary/aromatic N) is 1. The summed E-state index contributed by atoms with van der Waals surface area (Å²) in [5, 5.41) is 1.81. The Morgan fingerprint density at radius 2 is 1.61 bits per heavy atom. The molecule has 0 saturated heterocycles. The van der Waals surface area contributed by atoms with Crippen LogP contribution >= 0.6 is 0 Å². The number of nitrogens with two attached hydrogens (primary N) is 1. The van der Waals surface area contributed by atoms with Gasteiger partial charge in [-0.05, 0) is 25.1 Å². The minimum atomic E-state index is -5.16. The second-order valence-corrected chi connectivity index (χ2v) is 8.95. The number of hydrogen-bond donors (Lipinski definition) is 2. The largest absolute Gasteiger partial charge is 1.00 e. The minimum absolute atomic E-state index is 0. The molecule has 0 aliphatic carbocycles.